The molecule has 2 aromatic carbocycles. The quantitative estimate of drug-likeness (QED) is 0.491. The van der Waals surface area contributed by atoms with E-state index in [9.17, 15) is 26.0 Å². The Labute approximate surface area is 181 Å². The highest BCUT2D eigenvalue weighted by atomic mass is 35.5. The average Bonchev–Trinajstić information content (AvgIpc) is 3.20. The molecular formula is C20H18ClF4N3O2S. The fraction of sp³-hybridized carbons (Fsp3) is 0.350. The fourth-order valence-electron chi connectivity index (χ4n) is 3.61. The second kappa shape index (κ2) is 7.09. The van der Waals surface area contributed by atoms with Crippen molar-refractivity contribution in [1.82, 2.24) is 9.19 Å². The maximum atomic E-state index is 14.1. The number of aromatic nitrogens is 2. The van der Waals surface area contributed by atoms with Gasteiger partial charge < -0.3 is 4.90 Å². The van der Waals surface area contributed by atoms with E-state index < -0.39 is 34.3 Å². The van der Waals surface area contributed by atoms with Gasteiger partial charge in [0.25, 0.3) is 21.9 Å². The zero-order chi connectivity index (χ0) is 22.8. The van der Waals surface area contributed by atoms with Crippen LogP contribution < -0.4 is 4.90 Å². The highest BCUT2D eigenvalue weighted by molar-refractivity contribution is 7.90. The van der Waals surface area contributed by atoms with Gasteiger partial charge in [0.15, 0.2) is 5.82 Å². The lowest BCUT2D eigenvalue weighted by Gasteiger charge is -2.15. The van der Waals surface area contributed by atoms with E-state index in [-0.39, 0.29) is 38.7 Å². The SMILES string of the molecule is C[C@H]1CN(c2nn(S(=O)(=O)c3ccc(C(C)(F)F)cc3)c3cccc(Cl)c23)CC1(F)F. The van der Waals surface area contributed by atoms with Gasteiger partial charge in [-0.2, -0.15) is 12.5 Å². The number of hydrogen-bond donors (Lipinski definition) is 0. The highest BCUT2D eigenvalue weighted by Gasteiger charge is 2.46. The fourth-order valence-corrected chi connectivity index (χ4v) is 5.14. The van der Waals surface area contributed by atoms with Crippen molar-refractivity contribution in [3.63, 3.8) is 0 Å². The summed E-state index contributed by atoms with van der Waals surface area (Å²) in [6.45, 7) is 1.47. The van der Waals surface area contributed by atoms with Gasteiger partial charge in [-0.15, -0.1) is 5.10 Å². The Kier molecular flexibility index (Phi) is 5.01. The molecule has 0 spiro atoms. The molecule has 4 rings (SSSR count). The minimum atomic E-state index is -4.31. The number of alkyl halides is 4. The molecule has 1 aliphatic rings. The van der Waals surface area contributed by atoms with Crippen LogP contribution in [0.3, 0.4) is 0 Å². The van der Waals surface area contributed by atoms with Crippen LogP contribution in [0, 0.1) is 5.92 Å². The van der Waals surface area contributed by atoms with Crippen LogP contribution in [0.4, 0.5) is 23.4 Å². The minimum Gasteiger partial charge on any atom is -0.348 e. The zero-order valence-electron chi connectivity index (χ0n) is 16.5. The van der Waals surface area contributed by atoms with Crippen LogP contribution in [-0.4, -0.2) is 36.6 Å². The number of rotatable bonds is 4. The van der Waals surface area contributed by atoms with Crippen LogP contribution in [0.25, 0.3) is 10.9 Å². The maximum absolute atomic E-state index is 14.1. The summed E-state index contributed by atoms with van der Waals surface area (Å²) in [4.78, 5) is 1.04. The van der Waals surface area contributed by atoms with Crippen molar-refractivity contribution in [3.05, 3.63) is 53.1 Å². The number of fused-ring (bicyclic) bond motifs is 1. The highest BCUT2D eigenvalue weighted by Crippen LogP contribution is 2.40. The third-order valence-corrected chi connectivity index (χ3v) is 7.33. The van der Waals surface area contributed by atoms with E-state index in [4.69, 9.17) is 11.6 Å². The van der Waals surface area contributed by atoms with Crippen LogP contribution in [0.15, 0.2) is 47.4 Å². The standard InChI is InChI=1S/C20H18ClF4N3O2S/c1-12-10-27(11-20(12,24)25)18-17-15(21)4-3-5-16(17)28(26-18)31(29,30)14-8-6-13(7-9-14)19(2,22)23/h3-9,12H,10-11H2,1-2H3/t12-/m0/s1. The second-order valence-electron chi connectivity index (χ2n) is 7.76. The summed E-state index contributed by atoms with van der Waals surface area (Å²) in [6, 6.07) is 8.66. The van der Waals surface area contributed by atoms with Gasteiger partial charge in [0.2, 0.25) is 0 Å². The number of hydrogen-bond acceptors (Lipinski definition) is 4. The summed E-state index contributed by atoms with van der Waals surface area (Å²) in [5.41, 5.74) is -0.232. The van der Waals surface area contributed by atoms with Crippen molar-refractivity contribution in [3.8, 4) is 0 Å². The van der Waals surface area contributed by atoms with Gasteiger partial charge in [0.1, 0.15) is 0 Å². The van der Waals surface area contributed by atoms with Crippen LogP contribution in [-0.2, 0) is 15.9 Å². The molecule has 2 heterocycles. The lowest BCUT2D eigenvalue weighted by atomic mass is 10.1. The van der Waals surface area contributed by atoms with Crippen molar-refractivity contribution in [1.29, 1.82) is 0 Å². The van der Waals surface area contributed by atoms with E-state index >= 15 is 0 Å². The molecule has 5 nitrogen and oxygen atoms in total. The molecule has 11 heteroatoms. The molecule has 0 N–H and O–H groups in total. The Hall–Kier alpha value is -2.33. The molecule has 31 heavy (non-hydrogen) atoms. The van der Waals surface area contributed by atoms with E-state index in [1.54, 1.807) is 0 Å². The Balaban J connectivity index is 1.86. The van der Waals surface area contributed by atoms with Gasteiger partial charge in [-0.05, 0) is 24.3 Å². The number of anilines is 1. The predicted molar refractivity (Wildman–Crippen MR) is 110 cm³/mol. The van der Waals surface area contributed by atoms with Gasteiger partial charge in [0.05, 0.1) is 27.4 Å². The van der Waals surface area contributed by atoms with Crippen molar-refractivity contribution in [2.45, 2.75) is 30.6 Å². The molecule has 166 valence electrons. The molecule has 0 aliphatic carbocycles. The molecule has 0 saturated carbocycles. The van der Waals surface area contributed by atoms with Gasteiger partial charge >= 0.3 is 0 Å². The Bertz CT molecular complexity index is 1250. The lowest BCUT2D eigenvalue weighted by molar-refractivity contribution is -0.0138. The van der Waals surface area contributed by atoms with Crippen LogP contribution >= 0.6 is 11.6 Å². The smallest absolute Gasteiger partial charge is 0.283 e. The van der Waals surface area contributed by atoms with E-state index in [1.165, 1.54) is 30.0 Å². The molecule has 0 amide bonds. The van der Waals surface area contributed by atoms with Gasteiger partial charge in [0, 0.05) is 24.9 Å². The number of benzene rings is 2. The summed E-state index contributed by atoms with van der Waals surface area (Å²) in [7, 11) is -4.31. The molecule has 1 aliphatic heterocycles. The van der Waals surface area contributed by atoms with Gasteiger partial charge in [-0.25, -0.2) is 17.6 Å². The monoisotopic (exact) mass is 475 g/mol. The first kappa shape index (κ1) is 21.9. The average molecular weight is 476 g/mol. The van der Waals surface area contributed by atoms with E-state index in [0.29, 0.717) is 11.0 Å². The summed E-state index contributed by atoms with van der Waals surface area (Å²) < 4.78 is 82.4. The summed E-state index contributed by atoms with van der Waals surface area (Å²) in [5, 5.41) is 4.54. The van der Waals surface area contributed by atoms with Crippen molar-refractivity contribution in [2.24, 2.45) is 5.92 Å². The molecule has 1 aromatic heterocycles. The molecule has 1 saturated heterocycles. The third-order valence-electron chi connectivity index (χ3n) is 5.41. The first-order valence-corrected chi connectivity index (χ1v) is 11.2. The molecule has 1 fully saturated rings. The summed E-state index contributed by atoms with van der Waals surface area (Å²) in [5.74, 6) is -7.00. The predicted octanol–water partition coefficient (Wildman–Crippen LogP) is 5.13. The molecule has 0 unspecified atom stereocenters. The summed E-state index contributed by atoms with van der Waals surface area (Å²) in [6.07, 6.45) is 0. The first-order chi connectivity index (χ1) is 14.3. The maximum Gasteiger partial charge on any atom is 0.283 e. The Morgan fingerprint density at radius 3 is 2.35 bits per heavy atom. The Morgan fingerprint density at radius 1 is 1.16 bits per heavy atom. The third kappa shape index (κ3) is 3.65. The molecular weight excluding hydrogens is 458 g/mol. The van der Waals surface area contributed by atoms with E-state index in [2.05, 4.69) is 5.10 Å². The molecule has 3 aromatic rings. The first-order valence-electron chi connectivity index (χ1n) is 9.36. The van der Waals surface area contributed by atoms with Gasteiger partial charge in [-0.1, -0.05) is 36.7 Å². The van der Waals surface area contributed by atoms with Crippen molar-refractivity contribution < 1.29 is 26.0 Å². The minimum absolute atomic E-state index is 0.0232. The molecule has 1 atom stereocenters. The van der Waals surface area contributed by atoms with Crippen LogP contribution in [0.2, 0.25) is 5.02 Å². The largest absolute Gasteiger partial charge is 0.348 e. The topological polar surface area (TPSA) is 55.2 Å². The molecule has 0 radical (unpaired) electrons. The number of nitrogens with zero attached hydrogens (tertiary/aromatic N) is 3. The van der Waals surface area contributed by atoms with E-state index in [0.717, 1.165) is 24.3 Å². The summed E-state index contributed by atoms with van der Waals surface area (Å²) >= 11 is 6.28. The number of halogens is 5. The van der Waals surface area contributed by atoms with Gasteiger partial charge in [-0.3, -0.25) is 0 Å². The van der Waals surface area contributed by atoms with Crippen LogP contribution in [0.5, 0.6) is 0 Å². The second-order valence-corrected chi connectivity index (χ2v) is 9.94. The zero-order valence-corrected chi connectivity index (χ0v) is 18.1. The lowest BCUT2D eigenvalue weighted by Crippen LogP contribution is -2.27. The van der Waals surface area contributed by atoms with Crippen molar-refractivity contribution in [2.75, 3.05) is 18.0 Å². The van der Waals surface area contributed by atoms with E-state index in [1.807, 2.05) is 0 Å². The normalized spacial score (nSPS) is 19.3. The Morgan fingerprint density at radius 2 is 1.81 bits per heavy atom. The molecule has 0 bridgehead atoms. The van der Waals surface area contributed by atoms with Crippen molar-refractivity contribution >= 4 is 38.3 Å². The van der Waals surface area contributed by atoms with Crippen LogP contribution in [0.1, 0.15) is 19.4 Å².